The molecule has 5 heteroatoms. The molecule has 2 aromatic carbocycles. The van der Waals surface area contributed by atoms with Crippen LogP contribution in [0.15, 0.2) is 48.5 Å². The van der Waals surface area contributed by atoms with Gasteiger partial charge >= 0.3 is 0 Å². The van der Waals surface area contributed by atoms with Crippen molar-refractivity contribution in [3.63, 3.8) is 0 Å². The minimum Gasteiger partial charge on any atom is -0.494 e. The minimum absolute atomic E-state index is 0.00741. The minimum atomic E-state index is -0.00741. The third kappa shape index (κ3) is 5.85. The van der Waals surface area contributed by atoms with Gasteiger partial charge in [0.15, 0.2) is 0 Å². The lowest BCUT2D eigenvalue weighted by molar-refractivity contribution is -0.118. The van der Waals surface area contributed by atoms with Gasteiger partial charge < -0.3 is 14.6 Å². The molecule has 3 rings (SSSR count). The second kappa shape index (κ2) is 10.8. The van der Waals surface area contributed by atoms with E-state index in [1.807, 2.05) is 18.2 Å². The summed E-state index contributed by atoms with van der Waals surface area (Å²) in [6.07, 6.45) is 3.87. The molecule has 5 nitrogen and oxygen atoms in total. The molecule has 0 spiro atoms. The summed E-state index contributed by atoms with van der Waals surface area (Å²) in [5.74, 6) is 2.54. The molecule has 1 atom stereocenters. The van der Waals surface area contributed by atoms with E-state index in [9.17, 15) is 4.79 Å². The number of fused-ring (bicyclic) bond motifs is 1. The number of aryl methyl sites for hydroxylation is 1. The molecule has 1 N–H and O–H groups in total. The van der Waals surface area contributed by atoms with E-state index in [4.69, 9.17) is 9.72 Å². The van der Waals surface area contributed by atoms with Crippen LogP contribution in [-0.2, 0) is 17.8 Å². The number of nitrogens with one attached hydrogen (secondary N) is 1. The van der Waals surface area contributed by atoms with Crippen LogP contribution in [0.3, 0.4) is 0 Å². The van der Waals surface area contributed by atoms with Crippen molar-refractivity contribution >= 4 is 16.9 Å². The smallest absolute Gasteiger partial charge is 0.216 e. The maximum atomic E-state index is 11.2. The highest BCUT2D eigenvalue weighted by Crippen LogP contribution is 2.22. The van der Waals surface area contributed by atoms with Crippen LogP contribution in [0.1, 0.15) is 57.3 Å². The summed E-state index contributed by atoms with van der Waals surface area (Å²) >= 11 is 0. The molecule has 3 aromatic rings. The van der Waals surface area contributed by atoms with Crippen LogP contribution < -0.4 is 10.1 Å². The van der Waals surface area contributed by atoms with Crippen molar-refractivity contribution in [2.45, 2.75) is 58.9 Å². The number of imidazole rings is 1. The number of unbranched alkanes of at least 4 members (excludes halogenated alkanes) is 1. The van der Waals surface area contributed by atoms with E-state index in [1.165, 1.54) is 5.56 Å². The maximum Gasteiger partial charge on any atom is 0.216 e. The molecule has 1 amide bonds. The quantitative estimate of drug-likeness (QED) is 0.451. The van der Waals surface area contributed by atoms with Gasteiger partial charge in [0.05, 0.1) is 17.6 Å². The van der Waals surface area contributed by atoms with Gasteiger partial charge in [-0.05, 0) is 55.0 Å². The molecule has 0 aliphatic carbocycles. The highest BCUT2D eigenvalue weighted by Gasteiger charge is 2.10. The van der Waals surface area contributed by atoms with Crippen molar-refractivity contribution in [1.82, 2.24) is 14.9 Å². The lowest BCUT2D eigenvalue weighted by Gasteiger charge is -2.12. The van der Waals surface area contributed by atoms with Gasteiger partial charge in [0.25, 0.3) is 0 Å². The molecule has 1 aromatic heterocycles. The maximum absolute atomic E-state index is 11.2. The Morgan fingerprint density at radius 3 is 2.63 bits per heavy atom. The van der Waals surface area contributed by atoms with Crippen molar-refractivity contribution in [3.8, 4) is 5.75 Å². The predicted molar refractivity (Wildman–Crippen MR) is 122 cm³/mol. The Balaban J connectivity index is 1.52. The van der Waals surface area contributed by atoms with E-state index >= 15 is 0 Å². The van der Waals surface area contributed by atoms with Gasteiger partial charge in [-0.1, -0.05) is 38.1 Å². The van der Waals surface area contributed by atoms with Crippen molar-refractivity contribution in [2.75, 3.05) is 13.2 Å². The fraction of sp³-hybridized carbons (Fsp3) is 0.440. The Kier molecular flexibility index (Phi) is 7.89. The monoisotopic (exact) mass is 407 g/mol. The molecule has 0 aliphatic heterocycles. The van der Waals surface area contributed by atoms with E-state index in [0.717, 1.165) is 54.8 Å². The Labute approximate surface area is 179 Å². The van der Waals surface area contributed by atoms with Gasteiger partial charge in [-0.3, -0.25) is 4.79 Å². The third-order valence-electron chi connectivity index (χ3n) is 5.56. The van der Waals surface area contributed by atoms with E-state index in [0.29, 0.717) is 19.1 Å². The standard InChI is InChI=1S/C25H33N3O2/c1-4-19(2)21-11-13-22(14-12-21)30-18-8-7-17-28-24-10-6-5-9-23(24)27-25(28)15-16-26-20(3)29/h5-6,9-14,19H,4,7-8,15-18H2,1-3H3,(H,26,29). The Morgan fingerprint density at radius 1 is 1.13 bits per heavy atom. The summed E-state index contributed by atoms with van der Waals surface area (Å²) in [6, 6.07) is 16.7. The normalized spacial score (nSPS) is 12.1. The number of hydrogen-bond acceptors (Lipinski definition) is 3. The summed E-state index contributed by atoms with van der Waals surface area (Å²) < 4.78 is 8.21. The van der Waals surface area contributed by atoms with Crippen LogP contribution in [0.5, 0.6) is 5.75 Å². The van der Waals surface area contributed by atoms with Gasteiger partial charge in [-0.25, -0.2) is 4.98 Å². The molecule has 0 bridgehead atoms. The number of ether oxygens (including phenoxy) is 1. The Hall–Kier alpha value is -2.82. The van der Waals surface area contributed by atoms with E-state index < -0.39 is 0 Å². The number of rotatable bonds is 11. The first-order chi connectivity index (χ1) is 14.6. The lowest BCUT2D eigenvalue weighted by Crippen LogP contribution is -2.23. The largest absolute Gasteiger partial charge is 0.494 e. The number of para-hydroxylation sites is 2. The van der Waals surface area contributed by atoms with Gasteiger partial charge in [-0.15, -0.1) is 0 Å². The zero-order valence-electron chi connectivity index (χ0n) is 18.4. The molecular weight excluding hydrogens is 374 g/mol. The average Bonchev–Trinajstić information content (AvgIpc) is 3.10. The molecular formula is C25H33N3O2. The average molecular weight is 408 g/mol. The number of benzene rings is 2. The topological polar surface area (TPSA) is 56.1 Å². The molecule has 30 heavy (non-hydrogen) atoms. The molecule has 1 unspecified atom stereocenters. The van der Waals surface area contributed by atoms with Crippen LogP contribution in [0.4, 0.5) is 0 Å². The Bertz CT molecular complexity index is 947. The summed E-state index contributed by atoms with van der Waals surface area (Å²) in [7, 11) is 0. The number of amides is 1. The first kappa shape index (κ1) is 21.9. The van der Waals surface area contributed by atoms with Gasteiger partial charge in [-0.2, -0.15) is 0 Å². The van der Waals surface area contributed by atoms with Crippen molar-refractivity contribution in [3.05, 3.63) is 59.9 Å². The zero-order valence-corrected chi connectivity index (χ0v) is 18.4. The number of aromatic nitrogens is 2. The molecule has 1 heterocycles. The second-order valence-electron chi connectivity index (χ2n) is 7.84. The zero-order chi connectivity index (χ0) is 21.3. The summed E-state index contributed by atoms with van der Waals surface area (Å²) in [5, 5.41) is 2.86. The van der Waals surface area contributed by atoms with Crippen LogP contribution in [-0.4, -0.2) is 28.6 Å². The van der Waals surface area contributed by atoms with Gasteiger partial charge in [0.1, 0.15) is 11.6 Å². The van der Waals surface area contributed by atoms with Crippen molar-refractivity contribution in [2.24, 2.45) is 0 Å². The molecule has 0 fully saturated rings. The van der Waals surface area contributed by atoms with Gasteiger partial charge in [0, 0.05) is 26.4 Å². The highest BCUT2D eigenvalue weighted by atomic mass is 16.5. The van der Waals surface area contributed by atoms with Crippen molar-refractivity contribution in [1.29, 1.82) is 0 Å². The number of carbonyl (C=O) groups excluding carboxylic acids is 1. The highest BCUT2D eigenvalue weighted by molar-refractivity contribution is 5.76. The second-order valence-corrected chi connectivity index (χ2v) is 7.84. The Morgan fingerprint density at radius 2 is 1.90 bits per heavy atom. The van der Waals surface area contributed by atoms with E-state index in [-0.39, 0.29) is 5.91 Å². The van der Waals surface area contributed by atoms with Crippen LogP contribution in [0.25, 0.3) is 11.0 Å². The SMILES string of the molecule is CCC(C)c1ccc(OCCCCn2c(CCNC(C)=O)nc3ccccc32)cc1. The third-order valence-corrected chi connectivity index (χ3v) is 5.56. The number of nitrogens with zero attached hydrogens (tertiary/aromatic N) is 2. The van der Waals surface area contributed by atoms with Crippen molar-refractivity contribution < 1.29 is 9.53 Å². The first-order valence-corrected chi connectivity index (χ1v) is 11.0. The predicted octanol–water partition coefficient (Wildman–Crippen LogP) is 5.09. The van der Waals surface area contributed by atoms with E-state index in [2.05, 4.69) is 54.1 Å². The van der Waals surface area contributed by atoms with Crippen LogP contribution >= 0.6 is 0 Å². The lowest BCUT2D eigenvalue weighted by atomic mass is 9.99. The fourth-order valence-corrected chi connectivity index (χ4v) is 3.61. The summed E-state index contributed by atoms with van der Waals surface area (Å²) in [5.41, 5.74) is 3.52. The van der Waals surface area contributed by atoms with Crippen LogP contribution in [0.2, 0.25) is 0 Å². The number of hydrogen-bond donors (Lipinski definition) is 1. The first-order valence-electron chi connectivity index (χ1n) is 11.0. The van der Waals surface area contributed by atoms with E-state index in [1.54, 1.807) is 6.92 Å². The molecule has 0 aliphatic rings. The summed E-state index contributed by atoms with van der Waals surface area (Å²) in [6.45, 7) is 8.21. The molecule has 0 saturated heterocycles. The fourth-order valence-electron chi connectivity index (χ4n) is 3.61. The molecule has 160 valence electrons. The molecule has 0 radical (unpaired) electrons. The van der Waals surface area contributed by atoms with Crippen LogP contribution in [0, 0.1) is 0 Å². The summed E-state index contributed by atoms with van der Waals surface area (Å²) in [4.78, 5) is 15.9. The number of carbonyl (C=O) groups is 1. The molecule has 0 saturated carbocycles. The van der Waals surface area contributed by atoms with Gasteiger partial charge in [0.2, 0.25) is 5.91 Å².